The van der Waals surface area contributed by atoms with Crippen LogP contribution < -0.4 is 5.32 Å². The summed E-state index contributed by atoms with van der Waals surface area (Å²) in [5, 5.41) is 3.11. The van der Waals surface area contributed by atoms with Crippen LogP contribution in [0.3, 0.4) is 0 Å². The number of urea groups is 1. The highest BCUT2D eigenvalue weighted by Crippen LogP contribution is 2.36. The van der Waals surface area contributed by atoms with Gasteiger partial charge in [-0.25, -0.2) is 19.0 Å². The first-order chi connectivity index (χ1) is 14.9. The van der Waals surface area contributed by atoms with Crippen LogP contribution in [0.15, 0.2) is 42.7 Å². The van der Waals surface area contributed by atoms with Gasteiger partial charge in [0.15, 0.2) is 0 Å². The number of carbonyl (C=O) groups excluding carboxylic acids is 2. The van der Waals surface area contributed by atoms with Crippen LogP contribution in [0.5, 0.6) is 0 Å². The number of hydrogen-bond donors (Lipinski definition) is 2. The Morgan fingerprint density at radius 2 is 2.10 bits per heavy atom. The lowest BCUT2D eigenvalue weighted by atomic mass is 9.95. The second kappa shape index (κ2) is 8.39. The van der Waals surface area contributed by atoms with Crippen molar-refractivity contribution in [3.05, 3.63) is 81.6 Å². The van der Waals surface area contributed by atoms with E-state index in [9.17, 15) is 14.0 Å². The number of methoxy groups -OCH3 is 1. The first-order valence-electron chi connectivity index (χ1n) is 9.62. The fraction of sp³-hybridized carbons (Fsp3) is 0.227. The molecule has 1 aromatic heterocycles. The molecule has 4 rings (SSSR count). The number of aryl methyl sites for hydroxylation is 1. The molecule has 0 saturated heterocycles. The molecule has 0 fully saturated rings. The number of rotatable bonds is 3. The fourth-order valence-electron chi connectivity index (χ4n) is 3.72. The molecule has 7 nitrogen and oxygen atoms in total. The highest BCUT2D eigenvalue weighted by atomic mass is 35.5. The molecule has 0 bridgehead atoms. The Balaban J connectivity index is 1.69. The van der Waals surface area contributed by atoms with Crippen LogP contribution in [0.2, 0.25) is 5.02 Å². The van der Waals surface area contributed by atoms with E-state index in [0.29, 0.717) is 35.5 Å². The molecule has 0 saturated carbocycles. The Hall–Kier alpha value is -3.39. The van der Waals surface area contributed by atoms with Gasteiger partial charge in [-0.1, -0.05) is 23.7 Å². The van der Waals surface area contributed by atoms with E-state index in [1.807, 2.05) is 6.92 Å². The van der Waals surface area contributed by atoms with Crippen LogP contribution in [-0.4, -0.2) is 40.5 Å². The molecule has 2 heterocycles. The van der Waals surface area contributed by atoms with Crippen LogP contribution in [0, 0.1) is 12.7 Å². The smallest absolute Gasteiger partial charge is 0.337 e. The zero-order chi connectivity index (χ0) is 22.1. The summed E-state index contributed by atoms with van der Waals surface area (Å²) < 4.78 is 19.6. The van der Waals surface area contributed by atoms with Crippen LogP contribution in [0.25, 0.3) is 0 Å². The maximum absolute atomic E-state index is 14.8. The topological polar surface area (TPSA) is 87.3 Å². The molecule has 2 amide bonds. The summed E-state index contributed by atoms with van der Waals surface area (Å²) in [7, 11) is 1.29. The second-order valence-corrected chi connectivity index (χ2v) is 7.67. The van der Waals surface area contributed by atoms with Gasteiger partial charge in [0, 0.05) is 34.9 Å². The molecule has 31 heavy (non-hydrogen) atoms. The van der Waals surface area contributed by atoms with Gasteiger partial charge in [0.2, 0.25) is 0 Å². The number of halogens is 2. The number of amides is 2. The first-order valence-corrected chi connectivity index (χ1v) is 10.0. The number of H-pyrrole nitrogens is 1. The lowest BCUT2D eigenvalue weighted by Crippen LogP contribution is -2.43. The third-order valence-corrected chi connectivity index (χ3v) is 5.58. The van der Waals surface area contributed by atoms with Crippen LogP contribution in [-0.2, 0) is 11.2 Å². The minimum absolute atomic E-state index is 0.269. The van der Waals surface area contributed by atoms with Crippen molar-refractivity contribution < 1.29 is 18.7 Å². The standard InChI is InChI=1S/C22H20ClFN4O3/c1-12-3-4-13(21(29)31-2)9-18(12)27-22(30)28-8-7-17-19(26-11-25-17)20(28)15-6-5-14(23)10-16(15)24/h3-6,9-11,20H,7-8H2,1-2H3,(H,25,26)(H,27,30). The van der Waals surface area contributed by atoms with Gasteiger partial charge < -0.3 is 19.9 Å². The van der Waals surface area contributed by atoms with Crippen molar-refractivity contribution in [3.63, 3.8) is 0 Å². The Morgan fingerprint density at radius 1 is 1.29 bits per heavy atom. The molecule has 1 atom stereocenters. The van der Waals surface area contributed by atoms with Gasteiger partial charge in [0.1, 0.15) is 11.9 Å². The summed E-state index contributed by atoms with van der Waals surface area (Å²) in [5.41, 5.74) is 3.29. The summed E-state index contributed by atoms with van der Waals surface area (Å²) in [6, 6.07) is 8.12. The van der Waals surface area contributed by atoms with Crippen molar-refractivity contribution >= 4 is 29.3 Å². The number of fused-ring (bicyclic) bond motifs is 1. The van der Waals surface area contributed by atoms with E-state index in [0.717, 1.165) is 11.3 Å². The number of nitrogens with zero attached hydrogens (tertiary/aromatic N) is 2. The maximum atomic E-state index is 14.8. The Morgan fingerprint density at radius 3 is 2.84 bits per heavy atom. The monoisotopic (exact) mass is 442 g/mol. The number of anilines is 1. The summed E-state index contributed by atoms with van der Waals surface area (Å²) in [5.74, 6) is -1.02. The van der Waals surface area contributed by atoms with E-state index < -0.39 is 23.9 Å². The van der Waals surface area contributed by atoms with E-state index in [1.54, 1.807) is 30.3 Å². The molecule has 9 heteroatoms. The van der Waals surface area contributed by atoms with Crippen molar-refractivity contribution in [2.24, 2.45) is 0 Å². The zero-order valence-corrected chi connectivity index (χ0v) is 17.7. The molecule has 0 spiro atoms. The van der Waals surface area contributed by atoms with Gasteiger partial charge in [-0.3, -0.25) is 0 Å². The first kappa shape index (κ1) is 20.9. The summed E-state index contributed by atoms with van der Waals surface area (Å²) in [6.45, 7) is 2.17. The highest BCUT2D eigenvalue weighted by Gasteiger charge is 2.36. The quantitative estimate of drug-likeness (QED) is 0.585. The highest BCUT2D eigenvalue weighted by molar-refractivity contribution is 6.30. The minimum atomic E-state index is -0.726. The number of benzene rings is 2. The molecule has 1 aliphatic rings. The summed E-state index contributed by atoms with van der Waals surface area (Å²) in [6.07, 6.45) is 2.09. The summed E-state index contributed by atoms with van der Waals surface area (Å²) >= 11 is 5.92. The van der Waals surface area contributed by atoms with E-state index >= 15 is 0 Å². The maximum Gasteiger partial charge on any atom is 0.337 e. The molecule has 1 aliphatic heterocycles. The number of aromatic amines is 1. The Labute approximate surface area is 183 Å². The lowest BCUT2D eigenvalue weighted by Gasteiger charge is -2.35. The molecule has 0 radical (unpaired) electrons. The van der Waals surface area contributed by atoms with Gasteiger partial charge in [-0.05, 0) is 36.8 Å². The van der Waals surface area contributed by atoms with Crippen molar-refractivity contribution in [3.8, 4) is 0 Å². The summed E-state index contributed by atoms with van der Waals surface area (Å²) in [4.78, 5) is 34.1. The Kier molecular flexibility index (Phi) is 5.65. The van der Waals surface area contributed by atoms with E-state index in [2.05, 4.69) is 15.3 Å². The number of hydrogen-bond acceptors (Lipinski definition) is 4. The Bertz CT molecular complexity index is 1160. The van der Waals surface area contributed by atoms with Crippen molar-refractivity contribution in [1.82, 2.24) is 14.9 Å². The molecule has 160 valence electrons. The van der Waals surface area contributed by atoms with E-state index in [-0.39, 0.29) is 5.02 Å². The van der Waals surface area contributed by atoms with Crippen LogP contribution in [0.1, 0.15) is 38.9 Å². The molecule has 1 unspecified atom stereocenters. The number of imidazole rings is 1. The molecule has 3 aromatic rings. The van der Waals surface area contributed by atoms with Crippen molar-refractivity contribution in [2.45, 2.75) is 19.4 Å². The van der Waals surface area contributed by atoms with Gasteiger partial charge in [0.05, 0.1) is 24.7 Å². The predicted molar refractivity (Wildman–Crippen MR) is 114 cm³/mol. The number of nitrogens with one attached hydrogen (secondary N) is 2. The normalized spacial score (nSPS) is 15.4. The molecule has 2 N–H and O–H groups in total. The average molecular weight is 443 g/mol. The zero-order valence-electron chi connectivity index (χ0n) is 16.9. The molecule has 0 aliphatic carbocycles. The van der Waals surface area contributed by atoms with Gasteiger partial charge in [0.25, 0.3) is 0 Å². The largest absolute Gasteiger partial charge is 0.465 e. The fourth-order valence-corrected chi connectivity index (χ4v) is 3.88. The van der Waals surface area contributed by atoms with E-state index in [4.69, 9.17) is 16.3 Å². The molecular formula is C22H20ClFN4O3. The van der Waals surface area contributed by atoms with Crippen LogP contribution in [0.4, 0.5) is 14.9 Å². The lowest BCUT2D eigenvalue weighted by molar-refractivity contribution is 0.0600. The number of carbonyl (C=O) groups is 2. The number of esters is 1. The second-order valence-electron chi connectivity index (χ2n) is 7.23. The molecule has 2 aromatic carbocycles. The van der Waals surface area contributed by atoms with Crippen LogP contribution >= 0.6 is 11.6 Å². The van der Waals surface area contributed by atoms with Crippen molar-refractivity contribution in [1.29, 1.82) is 0 Å². The van der Waals surface area contributed by atoms with Gasteiger partial charge in [-0.2, -0.15) is 0 Å². The van der Waals surface area contributed by atoms with Gasteiger partial charge >= 0.3 is 12.0 Å². The van der Waals surface area contributed by atoms with Crippen molar-refractivity contribution in [2.75, 3.05) is 19.0 Å². The third-order valence-electron chi connectivity index (χ3n) is 5.34. The predicted octanol–water partition coefficient (Wildman–Crippen LogP) is 4.48. The number of ether oxygens (including phenoxy) is 1. The minimum Gasteiger partial charge on any atom is -0.465 e. The number of aromatic nitrogens is 2. The SMILES string of the molecule is COC(=O)c1ccc(C)c(NC(=O)N2CCc3[nH]cnc3C2c2ccc(Cl)cc2F)c1. The third kappa shape index (κ3) is 3.98. The average Bonchev–Trinajstić information content (AvgIpc) is 3.23. The molecular weight excluding hydrogens is 423 g/mol. The van der Waals surface area contributed by atoms with E-state index in [1.165, 1.54) is 24.4 Å². The van der Waals surface area contributed by atoms with Gasteiger partial charge in [-0.15, -0.1) is 0 Å².